The average molecular weight is 361 g/mol. The van der Waals surface area contributed by atoms with Gasteiger partial charge in [0.2, 0.25) is 5.91 Å². The maximum Gasteiger partial charge on any atom is 0.299 e. The number of halogens is 1. The van der Waals surface area contributed by atoms with Crippen molar-refractivity contribution >= 4 is 32.0 Å². The molecular weight excluding hydrogens is 344 g/mol. The number of amides is 1. The zero-order valence-corrected chi connectivity index (χ0v) is 13.5. The van der Waals surface area contributed by atoms with Gasteiger partial charge in [0.15, 0.2) is 0 Å². The zero-order valence-electron chi connectivity index (χ0n) is 12.5. The lowest BCUT2D eigenvalue weighted by molar-refractivity contribution is -0.393. The minimum absolute atomic E-state index is 0.167. The minimum atomic E-state index is -1.08. The lowest BCUT2D eigenvalue weighted by Gasteiger charge is -2.12. The van der Waals surface area contributed by atoms with Crippen molar-refractivity contribution < 1.29 is 18.8 Å². The van der Waals surface area contributed by atoms with Crippen LogP contribution in [0.15, 0.2) is 18.2 Å². The quantitative estimate of drug-likeness (QED) is 0.236. The average Bonchev–Trinajstić information content (AvgIpc) is 2.53. The maximum absolute atomic E-state index is 12.2. The molecular formula is C12H17FN5O5P. The molecule has 132 valence electrons. The van der Waals surface area contributed by atoms with Crippen molar-refractivity contribution in [1.82, 2.24) is 5.09 Å². The molecule has 0 bridgehead atoms. The van der Waals surface area contributed by atoms with Crippen LogP contribution >= 0.6 is 9.04 Å². The molecule has 1 aromatic carbocycles. The number of unbranched alkanes of at least 4 members (excludes halogenated alkanes) is 1. The second-order valence-electron chi connectivity index (χ2n) is 4.83. The van der Waals surface area contributed by atoms with Crippen molar-refractivity contribution in [3.05, 3.63) is 38.4 Å². The van der Waals surface area contributed by atoms with Gasteiger partial charge in [0.05, 0.1) is 22.0 Å². The third kappa shape index (κ3) is 6.01. The lowest BCUT2D eigenvalue weighted by atomic mass is 10.1. The molecule has 0 saturated heterocycles. The Morgan fingerprint density at radius 3 is 2.54 bits per heavy atom. The predicted octanol–water partition coefficient (Wildman–Crippen LogP) is 2.01. The van der Waals surface area contributed by atoms with Gasteiger partial charge >= 0.3 is 0 Å². The van der Waals surface area contributed by atoms with Gasteiger partial charge in [0, 0.05) is 12.6 Å². The van der Waals surface area contributed by atoms with Crippen molar-refractivity contribution in [2.24, 2.45) is 5.73 Å². The predicted molar refractivity (Wildman–Crippen MR) is 87.6 cm³/mol. The Hall–Kier alpha value is -2.39. The van der Waals surface area contributed by atoms with E-state index in [1.807, 2.05) is 0 Å². The SMILES string of the molecule is NC(=O)[C@H](CCCCNc1ccc([N+](=O)[O-])cc1[N+](=O)[O-])NPF. The largest absolute Gasteiger partial charge is 0.379 e. The van der Waals surface area contributed by atoms with Crippen LogP contribution < -0.4 is 16.1 Å². The number of carbonyl (C=O) groups is 1. The van der Waals surface area contributed by atoms with Crippen molar-refractivity contribution in [3.63, 3.8) is 0 Å². The summed E-state index contributed by atoms with van der Waals surface area (Å²) in [6, 6.07) is 2.58. The normalized spacial score (nSPS) is 12.2. The number of nitro benzene ring substituents is 2. The summed E-state index contributed by atoms with van der Waals surface area (Å²) in [5.74, 6) is -0.640. The van der Waals surface area contributed by atoms with Gasteiger partial charge < -0.3 is 11.1 Å². The second kappa shape index (κ2) is 9.68. The summed E-state index contributed by atoms with van der Waals surface area (Å²) >= 11 is 0. The molecule has 0 fully saturated rings. The molecule has 0 radical (unpaired) electrons. The summed E-state index contributed by atoms with van der Waals surface area (Å²) in [4.78, 5) is 31.2. The van der Waals surface area contributed by atoms with E-state index < -0.39 is 30.8 Å². The first-order valence-corrected chi connectivity index (χ1v) is 7.81. The Morgan fingerprint density at radius 1 is 1.29 bits per heavy atom. The summed E-state index contributed by atoms with van der Waals surface area (Å²) in [6.07, 6.45) is 1.43. The van der Waals surface area contributed by atoms with Gasteiger partial charge in [-0.3, -0.25) is 30.1 Å². The summed E-state index contributed by atoms with van der Waals surface area (Å²) < 4.78 is 12.2. The number of rotatable bonds is 11. The van der Waals surface area contributed by atoms with E-state index in [-0.39, 0.29) is 17.1 Å². The number of hydrogen-bond acceptors (Lipinski definition) is 7. The molecule has 1 rings (SSSR count). The Morgan fingerprint density at radius 2 is 2.00 bits per heavy atom. The molecule has 0 aliphatic carbocycles. The van der Waals surface area contributed by atoms with Gasteiger partial charge in [-0.2, -0.15) is 0 Å². The van der Waals surface area contributed by atoms with Crippen LogP contribution in [0.1, 0.15) is 19.3 Å². The van der Waals surface area contributed by atoms with E-state index in [4.69, 9.17) is 5.73 Å². The van der Waals surface area contributed by atoms with Crippen LogP contribution in [0, 0.1) is 20.2 Å². The van der Waals surface area contributed by atoms with Gasteiger partial charge in [-0.15, -0.1) is 0 Å². The fraction of sp³-hybridized carbons (Fsp3) is 0.417. The van der Waals surface area contributed by atoms with Crippen LogP contribution in [-0.2, 0) is 4.79 Å². The number of nitro groups is 2. The summed E-state index contributed by atoms with van der Waals surface area (Å²) in [5.41, 5.74) is 4.52. The topological polar surface area (TPSA) is 153 Å². The number of non-ortho nitro benzene ring substituents is 1. The third-order valence-electron chi connectivity index (χ3n) is 3.20. The first kappa shape index (κ1) is 19.7. The van der Waals surface area contributed by atoms with Crippen LogP contribution in [0.5, 0.6) is 0 Å². The highest BCUT2D eigenvalue weighted by Gasteiger charge is 2.19. The molecule has 12 heteroatoms. The molecule has 1 aromatic rings. The van der Waals surface area contributed by atoms with Crippen molar-refractivity contribution in [2.75, 3.05) is 11.9 Å². The number of nitrogens with zero attached hydrogens (tertiary/aromatic N) is 2. The van der Waals surface area contributed by atoms with Gasteiger partial charge in [0.1, 0.15) is 14.7 Å². The van der Waals surface area contributed by atoms with Gasteiger partial charge in [-0.1, -0.05) is 0 Å². The summed E-state index contributed by atoms with van der Waals surface area (Å²) in [6.45, 7) is 0.349. The molecule has 0 aromatic heterocycles. The molecule has 0 heterocycles. The Kier molecular flexibility index (Phi) is 7.93. The molecule has 4 N–H and O–H groups in total. The Labute approximate surface area is 138 Å². The van der Waals surface area contributed by atoms with E-state index in [2.05, 4.69) is 10.4 Å². The van der Waals surface area contributed by atoms with E-state index in [9.17, 15) is 29.2 Å². The van der Waals surface area contributed by atoms with E-state index in [0.717, 1.165) is 6.07 Å². The number of anilines is 1. The first-order valence-electron chi connectivity index (χ1n) is 6.94. The number of benzene rings is 1. The molecule has 0 saturated carbocycles. The van der Waals surface area contributed by atoms with Gasteiger partial charge in [-0.25, -0.2) is 4.20 Å². The van der Waals surface area contributed by atoms with Crippen LogP contribution in [0.4, 0.5) is 21.3 Å². The number of hydrogen-bond donors (Lipinski definition) is 3. The number of nitrogens with two attached hydrogens (primary N) is 1. The van der Waals surface area contributed by atoms with Crippen LogP contribution in [0.3, 0.4) is 0 Å². The molecule has 1 amide bonds. The lowest BCUT2D eigenvalue weighted by Crippen LogP contribution is -2.36. The van der Waals surface area contributed by atoms with Gasteiger partial charge in [-0.05, 0) is 25.3 Å². The smallest absolute Gasteiger partial charge is 0.299 e. The van der Waals surface area contributed by atoms with E-state index in [1.165, 1.54) is 12.1 Å². The Bertz CT molecular complexity index is 618. The summed E-state index contributed by atoms with van der Waals surface area (Å²) in [7, 11) is -1.08. The standard InChI is InChI=1S/C12H17FN5O5P/c13-24-16-10(12(14)19)3-1-2-6-15-9-5-4-8(17(20)21)7-11(9)18(22)23/h4-5,7,10,15-16,24H,1-3,6H2,(H2,14,19)/t10-/m0/s1. The minimum Gasteiger partial charge on any atom is -0.379 e. The molecule has 0 spiro atoms. The van der Waals surface area contributed by atoms with E-state index in [1.54, 1.807) is 0 Å². The van der Waals surface area contributed by atoms with Crippen LogP contribution in [0.2, 0.25) is 0 Å². The van der Waals surface area contributed by atoms with Crippen molar-refractivity contribution in [2.45, 2.75) is 25.3 Å². The number of carbonyl (C=O) groups excluding carboxylic acids is 1. The molecule has 0 aliphatic heterocycles. The van der Waals surface area contributed by atoms with Crippen molar-refractivity contribution in [3.8, 4) is 0 Å². The highest BCUT2D eigenvalue weighted by Crippen LogP contribution is 2.28. The fourth-order valence-electron chi connectivity index (χ4n) is 1.98. The van der Waals surface area contributed by atoms with E-state index in [0.29, 0.717) is 25.8 Å². The highest BCUT2D eigenvalue weighted by molar-refractivity contribution is 7.29. The van der Waals surface area contributed by atoms with Gasteiger partial charge in [0.25, 0.3) is 11.4 Å². The molecule has 1 unspecified atom stereocenters. The molecule has 10 nitrogen and oxygen atoms in total. The number of primary amides is 1. The number of nitrogens with one attached hydrogen (secondary N) is 2. The fourth-order valence-corrected chi connectivity index (χ4v) is 2.40. The van der Waals surface area contributed by atoms with Crippen molar-refractivity contribution in [1.29, 1.82) is 0 Å². The summed E-state index contributed by atoms with van der Waals surface area (Å²) in [5, 5.41) is 26.8. The molecule has 0 aliphatic rings. The Balaban J connectivity index is 2.54. The molecule has 24 heavy (non-hydrogen) atoms. The zero-order chi connectivity index (χ0) is 18.1. The van der Waals surface area contributed by atoms with Crippen LogP contribution in [0.25, 0.3) is 0 Å². The maximum atomic E-state index is 12.2. The first-order chi connectivity index (χ1) is 11.4. The highest BCUT2D eigenvalue weighted by atomic mass is 31.1. The van der Waals surface area contributed by atoms with Crippen LogP contribution in [-0.4, -0.2) is 28.3 Å². The monoisotopic (exact) mass is 361 g/mol. The third-order valence-corrected chi connectivity index (χ3v) is 3.65. The van der Waals surface area contributed by atoms with E-state index >= 15 is 0 Å². The second-order valence-corrected chi connectivity index (χ2v) is 5.31. The molecule has 2 atom stereocenters.